The zero-order valence-corrected chi connectivity index (χ0v) is 12.4. The lowest BCUT2D eigenvalue weighted by Gasteiger charge is -2.31. The second kappa shape index (κ2) is 6.55. The van der Waals surface area contributed by atoms with Crippen molar-refractivity contribution in [3.8, 4) is 6.07 Å². The van der Waals surface area contributed by atoms with Gasteiger partial charge in [0.05, 0.1) is 16.6 Å². The van der Waals surface area contributed by atoms with Gasteiger partial charge in [0.1, 0.15) is 5.69 Å². The van der Waals surface area contributed by atoms with Crippen molar-refractivity contribution in [2.24, 2.45) is 0 Å². The Balaban J connectivity index is 2.34. The van der Waals surface area contributed by atoms with Gasteiger partial charge >= 0.3 is 0 Å². The number of nitrogens with zero attached hydrogens (tertiary/aromatic N) is 3. The number of nitrogens with one attached hydrogen (secondary N) is 1. The Bertz CT molecular complexity index is 559. The van der Waals surface area contributed by atoms with E-state index < -0.39 is 4.92 Å². The Kier molecular flexibility index (Phi) is 4.76. The van der Waals surface area contributed by atoms with Gasteiger partial charge in [0.2, 0.25) is 0 Å². The number of hydrogen-bond donors (Lipinski definition) is 1. The molecule has 1 N–H and O–H groups in total. The normalized spacial score (nSPS) is 17.7. The summed E-state index contributed by atoms with van der Waals surface area (Å²) < 4.78 is 0. The largest absolute Gasteiger partial charge is 0.362 e. The molecule has 112 valence electrons. The lowest BCUT2D eigenvalue weighted by Crippen LogP contribution is -2.41. The van der Waals surface area contributed by atoms with Gasteiger partial charge in [-0.2, -0.15) is 5.26 Å². The third kappa shape index (κ3) is 3.50. The van der Waals surface area contributed by atoms with Crippen LogP contribution in [0.5, 0.6) is 0 Å². The average Bonchev–Trinajstić information content (AvgIpc) is 2.97. The molecule has 0 aliphatic carbocycles. The monoisotopic (exact) mass is 288 g/mol. The van der Waals surface area contributed by atoms with Crippen LogP contribution in [0.4, 0.5) is 11.4 Å². The minimum Gasteiger partial charge on any atom is -0.362 e. The molecule has 1 heterocycles. The van der Waals surface area contributed by atoms with Crippen LogP contribution in [-0.2, 0) is 0 Å². The summed E-state index contributed by atoms with van der Waals surface area (Å²) in [6, 6.07) is 7.15. The maximum Gasteiger partial charge on any atom is 0.293 e. The Hall–Kier alpha value is -2.13. The summed E-state index contributed by atoms with van der Waals surface area (Å²) in [6.07, 6.45) is 2.24. The van der Waals surface area contributed by atoms with Crippen molar-refractivity contribution in [3.05, 3.63) is 33.9 Å². The molecular formula is C15H20N4O2. The van der Waals surface area contributed by atoms with Crippen molar-refractivity contribution in [2.75, 3.05) is 18.0 Å². The topological polar surface area (TPSA) is 82.2 Å². The lowest BCUT2D eigenvalue weighted by atomic mass is 10.1. The van der Waals surface area contributed by atoms with Crippen molar-refractivity contribution in [1.29, 1.82) is 5.26 Å². The summed E-state index contributed by atoms with van der Waals surface area (Å²) in [4.78, 5) is 12.9. The average molecular weight is 288 g/mol. The van der Waals surface area contributed by atoms with E-state index in [1.807, 2.05) is 24.8 Å². The predicted molar refractivity (Wildman–Crippen MR) is 81.3 cm³/mol. The van der Waals surface area contributed by atoms with Crippen LogP contribution in [0.15, 0.2) is 18.2 Å². The number of nitro benzene ring substituents is 1. The summed E-state index contributed by atoms with van der Waals surface area (Å²) in [7, 11) is 0. The zero-order chi connectivity index (χ0) is 15.4. The Morgan fingerprint density at radius 2 is 2.33 bits per heavy atom. The molecule has 0 spiro atoms. The quantitative estimate of drug-likeness (QED) is 0.664. The van der Waals surface area contributed by atoms with E-state index in [1.165, 1.54) is 6.07 Å². The van der Waals surface area contributed by atoms with Gasteiger partial charge in [0.15, 0.2) is 0 Å². The number of benzene rings is 1. The fraction of sp³-hybridized carbons (Fsp3) is 0.533. The first-order valence-electron chi connectivity index (χ1n) is 7.21. The fourth-order valence-electron chi connectivity index (χ4n) is 2.72. The maximum atomic E-state index is 11.3. The molecule has 1 saturated heterocycles. The van der Waals surface area contributed by atoms with Crippen molar-refractivity contribution < 1.29 is 4.92 Å². The van der Waals surface area contributed by atoms with Crippen molar-refractivity contribution in [2.45, 2.75) is 38.8 Å². The van der Waals surface area contributed by atoms with Gasteiger partial charge in [-0.3, -0.25) is 10.1 Å². The first-order chi connectivity index (χ1) is 10.0. The molecule has 0 bridgehead atoms. The SMILES string of the molecule is CC(C)N(CC1CCCN1)c1ccc(C#N)cc1[N+](=O)[O-]. The number of rotatable bonds is 5. The van der Waals surface area contributed by atoms with Gasteiger partial charge < -0.3 is 10.2 Å². The highest BCUT2D eigenvalue weighted by molar-refractivity contribution is 5.66. The van der Waals surface area contributed by atoms with Crippen LogP contribution in [0.3, 0.4) is 0 Å². The van der Waals surface area contributed by atoms with Crippen LogP contribution < -0.4 is 10.2 Å². The summed E-state index contributed by atoms with van der Waals surface area (Å²) in [5.41, 5.74) is 0.900. The second-order valence-electron chi connectivity index (χ2n) is 5.61. The third-order valence-electron chi connectivity index (χ3n) is 3.81. The van der Waals surface area contributed by atoms with Crippen LogP contribution in [0.25, 0.3) is 0 Å². The van der Waals surface area contributed by atoms with E-state index in [4.69, 9.17) is 5.26 Å². The van der Waals surface area contributed by atoms with Crippen molar-refractivity contribution in [3.63, 3.8) is 0 Å². The summed E-state index contributed by atoms with van der Waals surface area (Å²) in [5.74, 6) is 0. The number of nitriles is 1. The van der Waals surface area contributed by atoms with Crippen LogP contribution in [-0.4, -0.2) is 30.1 Å². The van der Waals surface area contributed by atoms with E-state index in [0.29, 0.717) is 17.3 Å². The minimum atomic E-state index is -0.409. The highest BCUT2D eigenvalue weighted by Gasteiger charge is 2.25. The zero-order valence-electron chi connectivity index (χ0n) is 12.4. The van der Waals surface area contributed by atoms with Gasteiger partial charge in [-0.25, -0.2) is 0 Å². The van der Waals surface area contributed by atoms with E-state index in [-0.39, 0.29) is 11.7 Å². The van der Waals surface area contributed by atoms with Crippen molar-refractivity contribution >= 4 is 11.4 Å². The first-order valence-corrected chi connectivity index (χ1v) is 7.21. The molecule has 0 saturated carbocycles. The predicted octanol–water partition coefficient (Wildman–Crippen LogP) is 2.43. The van der Waals surface area contributed by atoms with Gasteiger partial charge in [-0.05, 0) is 45.4 Å². The molecule has 1 aromatic carbocycles. The van der Waals surface area contributed by atoms with Crippen LogP contribution >= 0.6 is 0 Å². The highest BCUT2D eigenvalue weighted by atomic mass is 16.6. The van der Waals surface area contributed by atoms with Crippen LogP contribution in [0, 0.1) is 21.4 Å². The first kappa shape index (κ1) is 15.3. The molecule has 1 atom stereocenters. The fourth-order valence-corrected chi connectivity index (χ4v) is 2.72. The molecule has 6 heteroatoms. The molecule has 1 aliphatic rings. The van der Waals surface area contributed by atoms with E-state index >= 15 is 0 Å². The van der Waals surface area contributed by atoms with Gasteiger partial charge in [-0.1, -0.05) is 0 Å². The molecule has 6 nitrogen and oxygen atoms in total. The summed E-state index contributed by atoms with van der Waals surface area (Å²) in [6.45, 7) is 5.80. The second-order valence-corrected chi connectivity index (χ2v) is 5.61. The lowest BCUT2D eigenvalue weighted by molar-refractivity contribution is -0.384. The Labute approximate surface area is 124 Å². The molecule has 1 aromatic rings. The van der Waals surface area contributed by atoms with Gasteiger partial charge in [0, 0.05) is 24.7 Å². The number of hydrogen-bond acceptors (Lipinski definition) is 5. The van der Waals surface area contributed by atoms with E-state index in [2.05, 4.69) is 5.32 Å². The number of anilines is 1. The van der Waals surface area contributed by atoms with E-state index in [1.54, 1.807) is 12.1 Å². The van der Waals surface area contributed by atoms with Gasteiger partial charge in [-0.15, -0.1) is 0 Å². The van der Waals surface area contributed by atoms with Crippen LogP contribution in [0.1, 0.15) is 32.3 Å². The summed E-state index contributed by atoms with van der Waals surface area (Å²) in [5, 5.41) is 23.6. The van der Waals surface area contributed by atoms with E-state index in [0.717, 1.165) is 25.9 Å². The molecule has 0 amide bonds. The molecule has 21 heavy (non-hydrogen) atoms. The summed E-state index contributed by atoms with van der Waals surface area (Å²) >= 11 is 0. The molecule has 0 radical (unpaired) electrons. The molecule has 1 fully saturated rings. The third-order valence-corrected chi connectivity index (χ3v) is 3.81. The molecule has 1 unspecified atom stereocenters. The van der Waals surface area contributed by atoms with Crippen LogP contribution in [0.2, 0.25) is 0 Å². The smallest absolute Gasteiger partial charge is 0.293 e. The van der Waals surface area contributed by atoms with Gasteiger partial charge in [0.25, 0.3) is 5.69 Å². The molecule has 2 rings (SSSR count). The Morgan fingerprint density at radius 1 is 1.57 bits per heavy atom. The maximum absolute atomic E-state index is 11.3. The molecule has 1 aliphatic heterocycles. The Morgan fingerprint density at radius 3 is 2.86 bits per heavy atom. The van der Waals surface area contributed by atoms with Crippen molar-refractivity contribution in [1.82, 2.24) is 5.32 Å². The molecular weight excluding hydrogens is 268 g/mol. The highest BCUT2D eigenvalue weighted by Crippen LogP contribution is 2.31. The van der Waals surface area contributed by atoms with E-state index in [9.17, 15) is 10.1 Å². The number of nitro groups is 1. The standard InChI is InChI=1S/C15H20N4O2/c1-11(2)18(10-13-4-3-7-17-13)14-6-5-12(9-16)8-15(14)19(20)21/h5-6,8,11,13,17H,3-4,7,10H2,1-2H3. The minimum absolute atomic E-state index is 0.000692. The molecule has 0 aromatic heterocycles.